The Morgan fingerprint density at radius 3 is 2.29 bits per heavy atom. The predicted molar refractivity (Wildman–Crippen MR) is 64.3 cm³/mol. The molecule has 0 amide bonds. The molecule has 4 unspecified atom stereocenters. The van der Waals surface area contributed by atoms with Crippen molar-refractivity contribution in [1.29, 1.82) is 0 Å². The molecule has 1 aliphatic rings. The summed E-state index contributed by atoms with van der Waals surface area (Å²) in [6.45, 7) is 11.9. The van der Waals surface area contributed by atoms with Gasteiger partial charge >= 0.3 is 0 Å². The Morgan fingerprint density at radius 2 is 1.86 bits per heavy atom. The molecular weight excluding hydrogens is 168 g/mol. The van der Waals surface area contributed by atoms with Gasteiger partial charge in [-0.2, -0.15) is 0 Å². The summed E-state index contributed by atoms with van der Waals surface area (Å²) < 4.78 is 0. The van der Waals surface area contributed by atoms with E-state index in [2.05, 4.69) is 34.6 Å². The third kappa shape index (κ3) is 2.74. The van der Waals surface area contributed by atoms with Crippen molar-refractivity contribution in [2.45, 2.75) is 60.3 Å². The molecule has 4 atom stereocenters. The van der Waals surface area contributed by atoms with Gasteiger partial charge < -0.3 is 0 Å². The molecule has 0 N–H and O–H groups in total. The summed E-state index contributed by atoms with van der Waals surface area (Å²) in [6.07, 6.45) is 5.78. The molecular formula is C14H28. The molecule has 0 aromatic carbocycles. The van der Waals surface area contributed by atoms with Gasteiger partial charge in [-0.15, -0.1) is 0 Å². The summed E-state index contributed by atoms with van der Waals surface area (Å²) in [5, 5.41) is 0. The second-order valence-electron chi connectivity index (χ2n) is 5.90. The first-order valence-electron chi connectivity index (χ1n) is 6.56. The van der Waals surface area contributed by atoms with Crippen LogP contribution in [0.25, 0.3) is 0 Å². The molecule has 84 valence electrons. The maximum absolute atomic E-state index is 2.45. The fourth-order valence-electron chi connectivity index (χ4n) is 2.99. The maximum Gasteiger partial charge on any atom is -0.0355 e. The largest absolute Gasteiger partial charge is 0.0651 e. The summed E-state index contributed by atoms with van der Waals surface area (Å²) in [7, 11) is 0. The fraction of sp³-hybridized carbons (Fsp3) is 1.00. The lowest BCUT2D eigenvalue weighted by Crippen LogP contribution is -2.38. The molecule has 14 heavy (non-hydrogen) atoms. The molecule has 0 aliphatic heterocycles. The van der Waals surface area contributed by atoms with Gasteiger partial charge in [0, 0.05) is 0 Å². The lowest BCUT2D eigenvalue weighted by atomic mass is 9.59. The van der Waals surface area contributed by atoms with Gasteiger partial charge in [-0.05, 0) is 42.4 Å². The van der Waals surface area contributed by atoms with Crippen LogP contribution >= 0.6 is 0 Å². The molecule has 0 spiro atoms. The molecule has 0 aromatic rings. The zero-order valence-corrected chi connectivity index (χ0v) is 10.7. The summed E-state index contributed by atoms with van der Waals surface area (Å²) in [6, 6.07) is 0. The Hall–Kier alpha value is 0. The molecule has 0 bridgehead atoms. The number of hydrogen-bond acceptors (Lipinski definition) is 0. The molecule has 1 rings (SSSR count). The minimum Gasteiger partial charge on any atom is -0.0651 e. The molecule has 0 radical (unpaired) electrons. The van der Waals surface area contributed by atoms with Crippen molar-refractivity contribution in [2.24, 2.45) is 29.6 Å². The van der Waals surface area contributed by atoms with Crippen LogP contribution in [0, 0.1) is 29.6 Å². The smallest absolute Gasteiger partial charge is 0.0355 e. The highest BCUT2D eigenvalue weighted by molar-refractivity contribution is 4.89. The van der Waals surface area contributed by atoms with Gasteiger partial charge in [0.25, 0.3) is 0 Å². The number of rotatable bonds is 5. The van der Waals surface area contributed by atoms with Crippen LogP contribution < -0.4 is 0 Å². The molecule has 1 fully saturated rings. The van der Waals surface area contributed by atoms with Crippen LogP contribution in [0.1, 0.15) is 60.3 Å². The first-order chi connectivity index (χ1) is 6.56. The molecule has 0 aromatic heterocycles. The molecule has 1 aliphatic carbocycles. The summed E-state index contributed by atoms with van der Waals surface area (Å²) in [4.78, 5) is 0. The SMILES string of the molecule is CCC(C)C1CC(C)C1CCC(C)C. The van der Waals surface area contributed by atoms with Crippen LogP contribution in [0.15, 0.2) is 0 Å². The average molecular weight is 196 g/mol. The average Bonchev–Trinajstić information content (AvgIpc) is 2.12. The van der Waals surface area contributed by atoms with Crippen molar-refractivity contribution < 1.29 is 0 Å². The van der Waals surface area contributed by atoms with Gasteiger partial charge in [0.15, 0.2) is 0 Å². The minimum atomic E-state index is 0.889. The highest BCUT2D eigenvalue weighted by atomic mass is 14.4. The first kappa shape index (κ1) is 12.1. The van der Waals surface area contributed by atoms with Crippen LogP contribution in [0.5, 0.6) is 0 Å². The lowest BCUT2D eigenvalue weighted by molar-refractivity contribution is 0.0285. The molecule has 1 saturated carbocycles. The normalized spacial score (nSPS) is 34.3. The summed E-state index contributed by atoms with van der Waals surface area (Å²) in [5.41, 5.74) is 0. The number of hydrogen-bond donors (Lipinski definition) is 0. The van der Waals surface area contributed by atoms with Gasteiger partial charge in [0.2, 0.25) is 0 Å². The topological polar surface area (TPSA) is 0 Å². The second-order valence-corrected chi connectivity index (χ2v) is 5.90. The maximum atomic E-state index is 2.45. The van der Waals surface area contributed by atoms with E-state index in [-0.39, 0.29) is 0 Å². The highest BCUT2D eigenvalue weighted by Crippen LogP contribution is 2.48. The van der Waals surface area contributed by atoms with Gasteiger partial charge in [0.05, 0.1) is 0 Å². The zero-order chi connectivity index (χ0) is 10.7. The summed E-state index contributed by atoms with van der Waals surface area (Å²) in [5.74, 6) is 4.96. The van der Waals surface area contributed by atoms with E-state index in [1.54, 1.807) is 0 Å². The van der Waals surface area contributed by atoms with Crippen LogP contribution in [-0.4, -0.2) is 0 Å². The molecule has 0 nitrogen and oxygen atoms in total. The predicted octanol–water partition coefficient (Wildman–Crippen LogP) is 4.74. The van der Waals surface area contributed by atoms with Crippen molar-refractivity contribution >= 4 is 0 Å². The molecule has 0 heteroatoms. The Balaban J connectivity index is 2.33. The van der Waals surface area contributed by atoms with E-state index in [1.807, 2.05) is 0 Å². The third-order valence-electron chi connectivity index (χ3n) is 4.38. The minimum absolute atomic E-state index is 0.889. The van der Waals surface area contributed by atoms with E-state index in [4.69, 9.17) is 0 Å². The second kappa shape index (κ2) is 5.19. The van der Waals surface area contributed by atoms with Gasteiger partial charge in [-0.25, -0.2) is 0 Å². The molecule has 0 heterocycles. The van der Waals surface area contributed by atoms with Crippen molar-refractivity contribution in [3.05, 3.63) is 0 Å². The monoisotopic (exact) mass is 196 g/mol. The zero-order valence-electron chi connectivity index (χ0n) is 10.7. The Labute approximate surface area is 90.5 Å². The van der Waals surface area contributed by atoms with Gasteiger partial charge in [0.1, 0.15) is 0 Å². The highest BCUT2D eigenvalue weighted by Gasteiger charge is 2.39. The van der Waals surface area contributed by atoms with E-state index in [1.165, 1.54) is 25.7 Å². The van der Waals surface area contributed by atoms with E-state index in [9.17, 15) is 0 Å². The van der Waals surface area contributed by atoms with Gasteiger partial charge in [-0.1, -0.05) is 47.5 Å². The van der Waals surface area contributed by atoms with Crippen molar-refractivity contribution in [3.63, 3.8) is 0 Å². The van der Waals surface area contributed by atoms with E-state index >= 15 is 0 Å². The van der Waals surface area contributed by atoms with E-state index < -0.39 is 0 Å². The van der Waals surface area contributed by atoms with Crippen LogP contribution in [0.4, 0.5) is 0 Å². The van der Waals surface area contributed by atoms with Gasteiger partial charge in [-0.3, -0.25) is 0 Å². The Bertz CT molecular complexity index is 159. The Morgan fingerprint density at radius 1 is 1.21 bits per heavy atom. The third-order valence-corrected chi connectivity index (χ3v) is 4.38. The lowest BCUT2D eigenvalue weighted by Gasteiger charge is -2.47. The van der Waals surface area contributed by atoms with Crippen LogP contribution in [-0.2, 0) is 0 Å². The Kier molecular flexibility index (Phi) is 4.47. The van der Waals surface area contributed by atoms with Crippen molar-refractivity contribution in [2.75, 3.05) is 0 Å². The van der Waals surface area contributed by atoms with Crippen molar-refractivity contribution in [3.8, 4) is 0 Å². The standard InChI is InChI=1S/C14H28/c1-6-11(4)14-9-12(5)13(14)8-7-10(2)3/h10-14H,6-9H2,1-5H3. The first-order valence-corrected chi connectivity index (χ1v) is 6.56. The fourth-order valence-corrected chi connectivity index (χ4v) is 2.99. The van der Waals surface area contributed by atoms with E-state index in [0.717, 1.165) is 29.6 Å². The van der Waals surface area contributed by atoms with Crippen LogP contribution in [0.2, 0.25) is 0 Å². The van der Waals surface area contributed by atoms with Crippen molar-refractivity contribution in [1.82, 2.24) is 0 Å². The van der Waals surface area contributed by atoms with Crippen LogP contribution in [0.3, 0.4) is 0 Å². The summed E-state index contributed by atoms with van der Waals surface area (Å²) >= 11 is 0. The van der Waals surface area contributed by atoms with E-state index in [0.29, 0.717) is 0 Å². The molecule has 0 saturated heterocycles. The quantitative estimate of drug-likeness (QED) is 0.595.